The van der Waals surface area contributed by atoms with Crippen molar-refractivity contribution in [1.29, 1.82) is 0 Å². The van der Waals surface area contributed by atoms with Crippen LogP contribution in [-0.2, 0) is 23.8 Å². The van der Waals surface area contributed by atoms with Gasteiger partial charge in [-0.05, 0) is 26.3 Å². The number of benzene rings is 1. The van der Waals surface area contributed by atoms with Crippen LogP contribution in [0.25, 0.3) is 0 Å². The van der Waals surface area contributed by atoms with Gasteiger partial charge in [0.1, 0.15) is 19.8 Å². The van der Waals surface area contributed by atoms with E-state index in [1.165, 1.54) is 12.1 Å². The highest BCUT2D eigenvalue weighted by Gasteiger charge is 2.26. The van der Waals surface area contributed by atoms with Gasteiger partial charge in [-0.2, -0.15) is 0 Å². The van der Waals surface area contributed by atoms with Crippen LogP contribution in [0.15, 0.2) is 24.3 Å². The fraction of sp³-hybridized carbons (Fsp3) is 0.526. The van der Waals surface area contributed by atoms with Crippen molar-refractivity contribution in [3.8, 4) is 0 Å². The third-order valence-electron chi connectivity index (χ3n) is 4.01. The van der Waals surface area contributed by atoms with Crippen LogP contribution in [0.4, 0.5) is 0 Å². The maximum atomic E-state index is 12.0. The molecule has 0 heterocycles. The van der Waals surface area contributed by atoms with E-state index in [1.807, 2.05) is 6.92 Å². The Morgan fingerprint density at radius 1 is 1.00 bits per heavy atom. The van der Waals surface area contributed by atoms with E-state index in [-0.39, 0.29) is 43.3 Å². The SMILES string of the molecule is CCC(C)(C)C(=O)OCCOC(=O)CCOC(=O)c1ccccc1C(O)O. The third kappa shape index (κ3) is 7.36. The number of aliphatic hydroxyl groups excluding tert-OH is 1. The van der Waals surface area contributed by atoms with Gasteiger partial charge in [-0.15, -0.1) is 0 Å². The number of aliphatic hydroxyl groups is 2. The standard InChI is InChI=1S/C19H26O8/c1-4-19(2,3)18(24)27-12-11-25-15(20)9-10-26-17(23)14-8-6-5-7-13(14)16(21)22/h5-8,16,21-22H,4,9-12H2,1-3H3. The second kappa shape index (κ2) is 10.6. The van der Waals surface area contributed by atoms with Crippen molar-refractivity contribution in [2.45, 2.75) is 39.9 Å². The molecule has 0 saturated heterocycles. The summed E-state index contributed by atoms with van der Waals surface area (Å²) in [6.45, 7) is 5.05. The van der Waals surface area contributed by atoms with Crippen LogP contribution in [0.2, 0.25) is 0 Å². The minimum atomic E-state index is -1.81. The highest BCUT2D eigenvalue weighted by molar-refractivity contribution is 5.91. The first-order chi connectivity index (χ1) is 12.7. The number of carbonyl (C=O) groups excluding carboxylic acids is 3. The number of hydrogen-bond acceptors (Lipinski definition) is 8. The molecule has 27 heavy (non-hydrogen) atoms. The molecule has 8 heteroatoms. The van der Waals surface area contributed by atoms with Crippen molar-refractivity contribution in [3.63, 3.8) is 0 Å². The maximum Gasteiger partial charge on any atom is 0.338 e. The summed E-state index contributed by atoms with van der Waals surface area (Å²) in [5, 5.41) is 18.5. The Bertz CT molecular complexity index is 651. The third-order valence-corrected chi connectivity index (χ3v) is 4.01. The van der Waals surface area contributed by atoms with Gasteiger partial charge in [0, 0.05) is 5.56 Å². The number of esters is 3. The summed E-state index contributed by atoms with van der Waals surface area (Å²) < 4.78 is 14.9. The van der Waals surface area contributed by atoms with Gasteiger partial charge in [0.25, 0.3) is 0 Å². The molecule has 0 aromatic heterocycles. The molecule has 0 amide bonds. The van der Waals surface area contributed by atoms with Crippen LogP contribution in [0.5, 0.6) is 0 Å². The number of rotatable bonds is 10. The van der Waals surface area contributed by atoms with Crippen LogP contribution in [0.1, 0.15) is 55.8 Å². The fourth-order valence-corrected chi connectivity index (χ4v) is 1.91. The average molecular weight is 382 g/mol. The minimum Gasteiger partial charge on any atom is -0.462 e. The zero-order valence-electron chi connectivity index (χ0n) is 15.8. The molecule has 0 aliphatic heterocycles. The zero-order valence-corrected chi connectivity index (χ0v) is 15.8. The summed E-state index contributed by atoms with van der Waals surface area (Å²) in [5.41, 5.74) is -0.565. The van der Waals surface area contributed by atoms with E-state index in [0.29, 0.717) is 6.42 Å². The molecule has 0 bridgehead atoms. The van der Waals surface area contributed by atoms with Crippen LogP contribution in [0.3, 0.4) is 0 Å². The molecule has 1 rings (SSSR count). The highest BCUT2D eigenvalue weighted by atomic mass is 16.6. The Labute approximate surface area is 158 Å². The van der Waals surface area contributed by atoms with Gasteiger partial charge < -0.3 is 24.4 Å². The molecule has 150 valence electrons. The van der Waals surface area contributed by atoms with Crippen LogP contribution in [-0.4, -0.2) is 47.9 Å². The van der Waals surface area contributed by atoms with E-state index >= 15 is 0 Å². The van der Waals surface area contributed by atoms with E-state index in [1.54, 1.807) is 26.0 Å². The average Bonchev–Trinajstić information content (AvgIpc) is 2.64. The molecule has 0 unspecified atom stereocenters. The Balaban J connectivity index is 2.30. The molecule has 0 spiro atoms. The predicted octanol–water partition coefficient (Wildman–Crippen LogP) is 1.74. The normalized spacial score (nSPS) is 11.2. The Morgan fingerprint density at radius 3 is 2.26 bits per heavy atom. The van der Waals surface area contributed by atoms with Gasteiger partial charge in [-0.1, -0.05) is 25.1 Å². The Hall–Kier alpha value is -2.45. The lowest BCUT2D eigenvalue weighted by Crippen LogP contribution is -2.27. The van der Waals surface area contributed by atoms with Crippen LogP contribution in [0, 0.1) is 5.41 Å². The van der Waals surface area contributed by atoms with Crippen LogP contribution >= 0.6 is 0 Å². The molecule has 0 fully saturated rings. The van der Waals surface area contributed by atoms with Crippen molar-refractivity contribution in [3.05, 3.63) is 35.4 Å². The molecule has 0 aliphatic carbocycles. The zero-order chi connectivity index (χ0) is 20.4. The molecule has 0 saturated carbocycles. The molecule has 0 aliphatic rings. The van der Waals surface area contributed by atoms with E-state index in [2.05, 4.69) is 0 Å². The summed E-state index contributed by atoms with van der Waals surface area (Å²) in [4.78, 5) is 35.3. The van der Waals surface area contributed by atoms with Gasteiger partial charge in [-0.25, -0.2) is 4.79 Å². The molecule has 1 aromatic carbocycles. The number of hydrogen-bond donors (Lipinski definition) is 2. The molecule has 2 N–H and O–H groups in total. The summed E-state index contributed by atoms with van der Waals surface area (Å²) in [7, 11) is 0. The van der Waals surface area contributed by atoms with E-state index in [4.69, 9.17) is 14.2 Å². The first-order valence-electron chi connectivity index (χ1n) is 8.64. The second-order valence-electron chi connectivity index (χ2n) is 6.44. The lowest BCUT2D eigenvalue weighted by Gasteiger charge is -2.20. The van der Waals surface area contributed by atoms with Crippen molar-refractivity contribution < 1.29 is 38.8 Å². The quantitative estimate of drug-likeness (QED) is 0.272. The molecular formula is C19H26O8. The lowest BCUT2D eigenvalue weighted by atomic mass is 9.91. The minimum absolute atomic E-state index is 0.00585. The van der Waals surface area contributed by atoms with Gasteiger partial charge in [-0.3, -0.25) is 9.59 Å². The van der Waals surface area contributed by atoms with E-state index in [9.17, 15) is 24.6 Å². The maximum absolute atomic E-state index is 12.0. The molecular weight excluding hydrogens is 356 g/mol. The topological polar surface area (TPSA) is 119 Å². The predicted molar refractivity (Wildman–Crippen MR) is 94.5 cm³/mol. The van der Waals surface area contributed by atoms with E-state index < -0.39 is 23.6 Å². The van der Waals surface area contributed by atoms with Crippen molar-refractivity contribution in [2.75, 3.05) is 19.8 Å². The molecule has 1 aromatic rings. The van der Waals surface area contributed by atoms with Crippen LogP contribution < -0.4 is 0 Å². The summed E-state index contributed by atoms with van der Waals surface area (Å²) in [6, 6.07) is 5.88. The Kier molecular flexibility index (Phi) is 8.90. The number of carbonyl (C=O) groups is 3. The van der Waals surface area contributed by atoms with Crippen molar-refractivity contribution in [2.24, 2.45) is 5.41 Å². The van der Waals surface area contributed by atoms with Crippen molar-refractivity contribution in [1.82, 2.24) is 0 Å². The first-order valence-corrected chi connectivity index (χ1v) is 8.64. The van der Waals surface area contributed by atoms with Crippen molar-refractivity contribution >= 4 is 17.9 Å². The molecule has 0 radical (unpaired) electrons. The van der Waals surface area contributed by atoms with Gasteiger partial charge >= 0.3 is 17.9 Å². The van der Waals surface area contributed by atoms with Gasteiger partial charge in [0.15, 0.2) is 6.29 Å². The lowest BCUT2D eigenvalue weighted by molar-refractivity contribution is -0.159. The Morgan fingerprint density at radius 2 is 1.63 bits per heavy atom. The first kappa shape index (κ1) is 22.6. The summed E-state index contributed by atoms with van der Waals surface area (Å²) in [5.74, 6) is -1.74. The largest absolute Gasteiger partial charge is 0.462 e. The summed E-state index contributed by atoms with van der Waals surface area (Å²) in [6.07, 6.45) is -1.35. The molecule has 0 atom stereocenters. The summed E-state index contributed by atoms with van der Waals surface area (Å²) >= 11 is 0. The van der Waals surface area contributed by atoms with Gasteiger partial charge in [0.05, 0.1) is 17.4 Å². The second-order valence-corrected chi connectivity index (χ2v) is 6.44. The smallest absolute Gasteiger partial charge is 0.338 e. The van der Waals surface area contributed by atoms with E-state index in [0.717, 1.165) is 0 Å². The fourth-order valence-electron chi connectivity index (χ4n) is 1.91. The highest BCUT2D eigenvalue weighted by Crippen LogP contribution is 2.21. The molecule has 8 nitrogen and oxygen atoms in total. The van der Waals surface area contributed by atoms with Gasteiger partial charge in [0.2, 0.25) is 0 Å². The monoisotopic (exact) mass is 382 g/mol. The number of ether oxygens (including phenoxy) is 3.